The summed E-state index contributed by atoms with van der Waals surface area (Å²) in [5.41, 5.74) is -0.0980. The minimum absolute atomic E-state index is 0.142. The van der Waals surface area contributed by atoms with Crippen molar-refractivity contribution in [3.05, 3.63) is 44.2 Å². The largest absolute Gasteiger partial charge is 0.354 e. The smallest absolute Gasteiger partial charge is 0.331 e. The molecule has 1 N–H and O–H groups in total. The monoisotopic (exact) mass is 330 g/mol. The summed E-state index contributed by atoms with van der Waals surface area (Å²) >= 11 is 0. The average molecular weight is 330 g/mol. The van der Waals surface area contributed by atoms with Crippen molar-refractivity contribution < 1.29 is 4.79 Å². The third-order valence-corrected chi connectivity index (χ3v) is 4.15. The van der Waals surface area contributed by atoms with Crippen LogP contribution < -0.4 is 16.6 Å². The van der Waals surface area contributed by atoms with Gasteiger partial charge in [0.1, 0.15) is 18.2 Å². The second-order valence-corrected chi connectivity index (χ2v) is 5.82. The van der Waals surface area contributed by atoms with E-state index >= 15 is 0 Å². The summed E-state index contributed by atoms with van der Waals surface area (Å²) < 4.78 is 2.07. The Morgan fingerprint density at radius 1 is 1.38 bits per heavy atom. The molecule has 0 atom stereocenters. The van der Waals surface area contributed by atoms with Crippen LogP contribution in [0.5, 0.6) is 0 Å². The van der Waals surface area contributed by atoms with Crippen LogP contribution in [-0.4, -0.2) is 21.6 Å². The van der Waals surface area contributed by atoms with Crippen molar-refractivity contribution in [3.8, 4) is 6.07 Å². The number of nitrogens with zero attached hydrogens (tertiary/aromatic N) is 3. The third kappa shape index (κ3) is 4.22. The van der Waals surface area contributed by atoms with E-state index < -0.39 is 17.2 Å². The lowest BCUT2D eigenvalue weighted by atomic mass is 9.97. The maximum atomic E-state index is 12.2. The number of aryl methyl sites for hydroxylation is 1. The fraction of sp³-hybridized carbons (Fsp3) is 0.529. The van der Waals surface area contributed by atoms with E-state index in [1.807, 2.05) is 0 Å². The van der Waals surface area contributed by atoms with E-state index in [9.17, 15) is 14.4 Å². The zero-order chi connectivity index (χ0) is 17.5. The molecule has 0 saturated heterocycles. The van der Waals surface area contributed by atoms with Crippen molar-refractivity contribution in [3.63, 3.8) is 0 Å². The van der Waals surface area contributed by atoms with Crippen molar-refractivity contribution in [2.24, 2.45) is 0 Å². The first-order valence-corrected chi connectivity index (χ1v) is 8.25. The van der Waals surface area contributed by atoms with E-state index in [0.29, 0.717) is 13.1 Å². The Hall–Kier alpha value is -2.62. The summed E-state index contributed by atoms with van der Waals surface area (Å²) in [5.74, 6) is -0.400. The first-order chi connectivity index (χ1) is 11.6. The van der Waals surface area contributed by atoms with Gasteiger partial charge < -0.3 is 5.32 Å². The normalized spacial score (nSPS) is 13.9. The van der Waals surface area contributed by atoms with Gasteiger partial charge in [0, 0.05) is 19.3 Å². The Labute approximate surface area is 140 Å². The summed E-state index contributed by atoms with van der Waals surface area (Å²) in [6.45, 7) is 2.17. The number of allylic oxidation sites excluding steroid dienone is 1. The molecule has 0 bridgehead atoms. The Balaban J connectivity index is 2.03. The lowest BCUT2D eigenvalue weighted by molar-refractivity contribution is -0.121. The molecule has 1 aliphatic rings. The molecule has 1 aromatic heterocycles. The van der Waals surface area contributed by atoms with Gasteiger partial charge in [-0.1, -0.05) is 11.6 Å². The molecule has 1 aromatic rings. The second kappa shape index (κ2) is 8.29. The van der Waals surface area contributed by atoms with Crippen molar-refractivity contribution in [2.75, 3.05) is 6.54 Å². The van der Waals surface area contributed by atoms with Crippen molar-refractivity contribution in [1.82, 2.24) is 14.5 Å². The summed E-state index contributed by atoms with van der Waals surface area (Å²) in [6.07, 6.45) is 8.81. The molecule has 0 saturated carbocycles. The molecule has 0 radical (unpaired) electrons. The average Bonchev–Trinajstić information content (AvgIpc) is 2.60. The fourth-order valence-corrected chi connectivity index (χ4v) is 2.79. The van der Waals surface area contributed by atoms with E-state index in [0.717, 1.165) is 23.8 Å². The fourth-order valence-electron chi connectivity index (χ4n) is 2.79. The Morgan fingerprint density at radius 2 is 2.17 bits per heavy atom. The summed E-state index contributed by atoms with van der Waals surface area (Å²) in [7, 11) is 0. The first kappa shape index (κ1) is 17.7. The molecule has 2 rings (SSSR count). The van der Waals surface area contributed by atoms with Crippen LogP contribution in [0.1, 0.15) is 44.6 Å². The van der Waals surface area contributed by atoms with E-state index in [1.54, 1.807) is 13.0 Å². The molecule has 1 heterocycles. The van der Waals surface area contributed by atoms with Gasteiger partial charge in [0.15, 0.2) is 0 Å². The van der Waals surface area contributed by atoms with Gasteiger partial charge in [0.25, 0.3) is 5.56 Å². The SMILES string of the molecule is CCn1cc(C#N)c(=O)n(CC(=O)NCCC2=CCCCC2)c1=O. The van der Waals surface area contributed by atoms with Gasteiger partial charge in [0.2, 0.25) is 5.91 Å². The zero-order valence-electron chi connectivity index (χ0n) is 13.9. The Bertz CT molecular complexity index is 796. The minimum atomic E-state index is -0.725. The molecule has 24 heavy (non-hydrogen) atoms. The van der Waals surface area contributed by atoms with Gasteiger partial charge in [-0.05, 0) is 39.0 Å². The lowest BCUT2D eigenvalue weighted by Crippen LogP contribution is -2.44. The van der Waals surface area contributed by atoms with Gasteiger partial charge in [-0.15, -0.1) is 0 Å². The molecule has 7 nitrogen and oxygen atoms in total. The lowest BCUT2D eigenvalue weighted by Gasteiger charge is -2.13. The molecule has 1 amide bonds. The predicted molar refractivity (Wildman–Crippen MR) is 89.5 cm³/mol. The van der Waals surface area contributed by atoms with Crippen LogP contribution in [0.15, 0.2) is 27.4 Å². The molecule has 1 aliphatic carbocycles. The second-order valence-electron chi connectivity index (χ2n) is 5.82. The van der Waals surface area contributed by atoms with E-state index in [2.05, 4.69) is 11.4 Å². The Kier molecular flexibility index (Phi) is 6.13. The maximum absolute atomic E-state index is 12.2. The highest BCUT2D eigenvalue weighted by atomic mass is 16.2. The molecule has 0 unspecified atom stereocenters. The molecule has 0 spiro atoms. The van der Waals surface area contributed by atoms with Crippen molar-refractivity contribution in [1.29, 1.82) is 5.26 Å². The van der Waals surface area contributed by atoms with Gasteiger partial charge in [-0.2, -0.15) is 5.26 Å². The summed E-state index contributed by atoms with van der Waals surface area (Å²) in [6, 6.07) is 1.76. The Morgan fingerprint density at radius 3 is 2.79 bits per heavy atom. The number of nitrogens with one attached hydrogen (secondary N) is 1. The number of aromatic nitrogens is 2. The number of carbonyl (C=O) groups is 1. The van der Waals surface area contributed by atoms with E-state index in [1.165, 1.54) is 29.2 Å². The van der Waals surface area contributed by atoms with Crippen molar-refractivity contribution >= 4 is 5.91 Å². The van der Waals surface area contributed by atoms with E-state index in [-0.39, 0.29) is 12.1 Å². The molecular formula is C17H22N4O3. The van der Waals surface area contributed by atoms with Gasteiger partial charge in [-0.25, -0.2) is 9.36 Å². The molecular weight excluding hydrogens is 308 g/mol. The number of hydrogen-bond acceptors (Lipinski definition) is 4. The van der Waals surface area contributed by atoms with E-state index in [4.69, 9.17) is 5.26 Å². The van der Waals surface area contributed by atoms with Gasteiger partial charge in [0.05, 0.1) is 0 Å². The molecule has 7 heteroatoms. The molecule has 0 aliphatic heterocycles. The summed E-state index contributed by atoms with van der Waals surface area (Å²) in [5, 5.41) is 11.7. The number of amides is 1. The molecule has 0 aromatic carbocycles. The number of carbonyl (C=O) groups excluding carboxylic acids is 1. The van der Waals surface area contributed by atoms with Crippen molar-refractivity contribution in [2.45, 2.75) is 52.1 Å². The highest BCUT2D eigenvalue weighted by molar-refractivity contribution is 5.75. The van der Waals surface area contributed by atoms with Crippen LogP contribution >= 0.6 is 0 Å². The minimum Gasteiger partial charge on any atom is -0.354 e. The first-order valence-electron chi connectivity index (χ1n) is 8.25. The quantitative estimate of drug-likeness (QED) is 0.784. The van der Waals surface area contributed by atoms with Crippen LogP contribution in [0.4, 0.5) is 0 Å². The molecule has 0 fully saturated rings. The van der Waals surface area contributed by atoms with Crippen LogP contribution in [0, 0.1) is 11.3 Å². The van der Waals surface area contributed by atoms with Crippen LogP contribution in [0.25, 0.3) is 0 Å². The number of hydrogen-bond donors (Lipinski definition) is 1. The highest BCUT2D eigenvalue weighted by Gasteiger charge is 2.13. The standard InChI is InChI=1S/C17H22N4O3/c1-2-20-11-14(10-18)16(23)21(17(20)24)12-15(22)19-9-8-13-6-4-3-5-7-13/h6,11H,2-5,7-9,12H2,1H3,(H,19,22). The van der Waals surface area contributed by atoms with Crippen LogP contribution in [0.2, 0.25) is 0 Å². The van der Waals surface area contributed by atoms with Gasteiger partial charge >= 0.3 is 5.69 Å². The number of nitriles is 1. The third-order valence-electron chi connectivity index (χ3n) is 4.15. The maximum Gasteiger partial charge on any atom is 0.331 e. The zero-order valence-corrected chi connectivity index (χ0v) is 13.9. The number of rotatable bonds is 6. The predicted octanol–water partition coefficient (Wildman–Crippen LogP) is 0.908. The topological polar surface area (TPSA) is 96.9 Å². The highest BCUT2D eigenvalue weighted by Crippen LogP contribution is 2.19. The van der Waals surface area contributed by atoms with Crippen LogP contribution in [0.3, 0.4) is 0 Å². The van der Waals surface area contributed by atoms with Crippen LogP contribution in [-0.2, 0) is 17.9 Å². The van der Waals surface area contributed by atoms with Gasteiger partial charge in [-0.3, -0.25) is 14.2 Å². The molecule has 128 valence electrons. The summed E-state index contributed by atoms with van der Waals surface area (Å²) in [4.78, 5) is 36.3.